The molecule has 0 saturated carbocycles. The van der Waals surface area contributed by atoms with Crippen molar-refractivity contribution in [3.63, 3.8) is 0 Å². The number of carbonyl (C=O) groups excluding carboxylic acids is 3. The zero-order valence-electron chi connectivity index (χ0n) is 13.8. The van der Waals surface area contributed by atoms with Crippen molar-refractivity contribution >= 4 is 28.8 Å². The average Bonchev–Trinajstić information content (AvgIpc) is 2.94. The molecule has 3 amide bonds. The smallest absolute Gasteiger partial charge is 0.289 e. The second kappa shape index (κ2) is 6.46. The number of hydrogen-bond acceptors (Lipinski definition) is 5. The van der Waals surface area contributed by atoms with Gasteiger partial charge in [0, 0.05) is 26.3 Å². The highest BCUT2D eigenvalue weighted by Crippen LogP contribution is 2.38. The minimum Gasteiger partial charge on any atom is -0.381 e. The van der Waals surface area contributed by atoms with Gasteiger partial charge in [-0.25, -0.2) is 0 Å². The quantitative estimate of drug-likeness (QED) is 0.820. The summed E-state index contributed by atoms with van der Waals surface area (Å²) < 4.78 is 5.49. The van der Waals surface area contributed by atoms with E-state index in [1.165, 1.54) is 4.90 Å². The van der Waals surface area contributed by atoms with Gasteiger partial charge >= 0.3 is 0 Å². The molecule has 1 aromatic rings. The Morgan fingerprint density at radius 3 is 2.40 bits per heavy atom. The highest BCUT2D eigenvalue weighted by Gasteiger charge is 2.50. The molecule has 3 fully saturated rings. The van der Waals surface area contributed by atoms with Crippen molar-refractivity contribution in [1.82, 2.24) is 9.80 Å². The SMILES string of the molecule is O=C1CSC(=O)N1C1CN(C(=O)C2(c3ccccc3)CCOCC2)C1. The molecule has 0 unspecified atom stereocenters. The third-order valence-electron chi connectivity index (χ3n) is 5.38. The molecule has 3 saturated heterocycles. The fourth-order valence-electron chi connectivity index (χ4n) is 3.91. The molecule has 3 aliphatic heterocycles. The van der Waals surface area contributed by atoms with Gasteiger partial charge in [0.25, 0.3) is 5.24 Å². The van der Waals surface area contributed by atoms with Gasteiger partial charge in [0.2, 0.25) is 11.8 Å². The summed E-state index contributed by atoms with van der Waals surface area (Å²) in [5, 5.41) is -0.189. The second-order valence-corrected chi connectivity index (χ2v) is 7.67. The molecule has 25 heavy (non-hydrogen) atoms. The van der Waals surface area contributed by atoms with Gasteiger partial charge < -0.3 is 9.64 Å². The maximum Gasteiger partial charge on any atom is 0.289 e. The molecule has 0 atom stereocenters. The highest BCUT2D eigenvalue weighted by atomic mass is 32.2. The van der Waals surface area contributed by atoms with E-state index in [0.29, 0.717) is 39.1 Å². The van der Waals surface area contributed by atoms with Crippen molar-refractivity contribution in [1.29, 1.82) is 0 Å². The van der Waals surface area contributed by atoms with Crippen molar-refractivity contribution in [3.8, 4) is 0 Å². The van der Waals surface area contributed by atoms with E-state index in [-0.39, 0.29) is 28.8 Å². The number of carbonyl (C=O) groups is 3. The van der Waals surface area contributed by atoms with E-state index in [1.54, 1.807) is 4.90 Å². The minimum atomic E-state index is -0.557. The molecule has 6 nitrogen and oxygen atoms in total. The van der Waals surface area contributed by atoms with Gasteiger partial charge in [0.15, 0.2) is 0 Å². The molecule has 0 N–H and O–H groups in total. The summed E-state index contributed by atoms with van der Waals surface area (Å²) in [5.41, 5.74) is 0.466. The molecule has 0 aliphatic carbocycles. The van der Waals surface area contributed by atoms with Crippen LogP contribution in [0.1, 0.15) is 18.4 Å². The first-order valence-electron chi connectivity index (χ1n) is 8.53. The lowest BCUT2D eigenvalue weighted by atomic mass is 9.72. The summed E-state index contributed by atoms with van der Waals surface area (Å²) in [6, 6.07) is 9.69. The van der Waals surface area contributed by atoms with Crippen LogP contribution in [0.5, 0.6) is 0 Å². The highest BCUT2D eigenvalue weighted by molar-refractivity contribution is 8.14. The van der Waals surface area contributed by atoms with E-state index in [0.717, 1.165) is 17.3 Å². The van der Waals surface area contributed by atoms with Crippen LogP contribution in [0, 0.1) is 0 Å². The van der Waals surface area contributed by atoms with E-state index in [9.17, 15) is 14.4 Å². The lowest BCUT2D eigenvalue weighted by molar-refractivity contribution is -0.150. The molecule has 7 heteroatoms. The number of amides is 3. The third-order valence-corrected chi connectivity index (χ3v) is 6.22. The number of nitrogens with zero attached hydrogens (tertiary/aromatic N) is 2. The second-order valence-electron chi connectivity index (χ2n) is 6.74. The van der Waals surface area contributed by atoms with Crippen molar-refractivity contribution < 1.29 is 19.1 Å². The monoisotopic (exact) mass is 360 g/mol. The third kappa shape index (κ3) is 2.75. The Bertz CT molecular complexity index is 680. The van der Waals surface area contributed by atoms with E-state index in [2.05, 4.69) is 0 Å². The van der Waals surface area contributed by atoms with E-state index in [1.807, 2.05) is 30.3 Å². The Morgan fingerprint density at radius 2 is 1.80 bits per heavy atom. The number of hydrogen-bond donors (Lipinski definition) is 0. The maximum absolute atomic E-state index is 13.3. The number of thioether (sulfide) groups is 1. The molecule has 0 bridgehead atoms. The first kappa shape index (κ1) is 16.6. The zero-order chi connectivity index (χ0) is 17.4. The lowest BCUT2D eigenvalue weighted by Crippen LogP contribution is -2.65. The number of ether oxygens (including phenoxy) is 1. The van der Waals surface area contributed by atoms with Crippen molar-refractivity contribution in [3.05, 3.63) is 35.9 Å². The normalized spacial score (nSPS) is 23.7. The van der Waals surface area contributed by atoms with Crippen LogP contribution in [-0.2, 0) is 19.7 Å². The predicted molar refractivity (Wildman–Crippen MR) is 93.2 cm³/mol. The number of imide groups is 1. The molecule has 4 rings (SSSR count). The van der Waals surface area contributed by atoms with Crippen molar-refractivity contribution in [2.24, 2.45) is 0 Å². The molecule has 1 aromatic carbocycles. The summed E-state index contributed by atoms with van der Waals surface area (Å²) in [6.07, 6.45) is 1.32. The van der Waals surface area contributed by atoms with Gasteiger partial charge in [-0.15, -0.1) is 0 Å². The van der Waals surface area contributed by atoms with Crippen LogP contribution in [0.3, 0.4) is 0 Å². The van der Waals surface area contributed by atoms with Crippen molar-refractivity contribution in [2.75, 3.05) is 32.1 Å². The number of rotatable bonds is 3. The minimum absolute atomic E-state index is 0.0880. The molecule has 132 valence electrons. The standard InChI is InChI=1S/C18H20N2O4S/c21-15-12-25-17(23)20(15)14-10-19(11-14)16(22)18(6-8-24-9-7-18)13-4-2-1-3-5-13/h1-5,14H,6-12H2. The first-order valence-corrected chi connectivity index (χ1v) is 9.52. The Hall–Kier alpha value is -1.86. The molecule has 3 heterocycles. The van der Waals surface area contributed by atoms with Crippen molar-refractivity contribution in [2.45, 2.75) is 24.3 Å². The van der Waals surface area contributed by atoms with E-state index < -0.39 is 5.41 Å². The Balaban J connectivity index is 1.51. The predicted octanol–water partition coefficient (Wildman–Crippen LogP) is 1.64. The molecular weight excluding hydrogens is 340 g/mol. The lowest BCUT2D eigenvalue weighted by Gasteiger charge is -2.48. The van der Waals surface area contributed by atoms with E-state index in [4.69, 9.17) is 4.74 Å². The van der Waals surface area contributed by atoms with Crippen LogP contribution < -0.4 is 0 Å². The van der Waals surface area contributed by atoms with Crippen LogP contribution in [0.25, 0.3) is 0 Å². The van der Waals surface area contributed by atoms with Crippen LogP contribution in [0.2, 0.25) is 0 Å². The largest absolute Gasteiger partial charge is 0.381 e. The fraction of sp³-hybridized carbons (Fsp3) is 0.500. The maximum atomic E-state index is 13.3. The topological polar surface area (TPSA) is 66.9 Å². The summed E-state index contributed by atoms with van der Waals surface area (Å²) in [5.74, 6) is 0.162. The van der Waals surface area contributed by atoms with Gasteiger partial charge in [-0.2, -0.15) is 0 Å². The van der Waals surface area contributed by atoms with Crippen LogP contribution in [0.15, 0.2) is 30.3 Å². The van der Waals surface area contributed by atoms with Gasteiger partial charge in [0.05, 0.1) is 17.2 Å². The zero-order valence-corrected chi connectivity index (χ0v) is 14.7. The summed E-state index contributed by atoms with van der Waals surface area (Å²) >= 11 is 1.04. The summed E-state index contributed by atoms with van der Waals surface area (Å²) in [7, 11) is 0. The Kier molecular flexibility index (Phi) is 4.29. The molecular formula is C18H20N2O4S. The molecule has 3 aliphatic rings. The van der Waals surface area contributed by atoms with Crippen LogP contribution in [0.4, 0.5) is 4.79 Å². The molecule has 0 radical (unpaired) electrons. The molecule has 0 aromatic heterocycles. The average molecular weight is 360 g/mol. The van der Waals surface area contributed by atoms with Crippen LogP contribution >= 0.6 is 11.8 Å². The fourth-order valence-corrected chi connectivity index (χ4v) is 4.68. The van der Waals surface area contributed by atoms with Gasteiger partial charge in [-0.1, -0.05) is 42.1 Å². The number of benzene rings is 1. The first-order chi connectivity index (χ1) is 12.1. The van der Waals surface area contributed by atoms with E-state index >= 15 is 0 Å². The molecule has 0 spiro atoms. The van der Waals surface area contributed by atoms with Crippen LogP contribution in [-0.4, -0.2) is 65.0 Å². The van der Waals surface area contributed by atoms with Gasteiger partial charge in [-0.05, 0) is 18.4 Å². The number of likely N-dealkylation sites (tertiary alicyclic amines) is 1. The summed E-state index contributed by atoms with van der Waals surface area (Å²) in [4.78, 5) is 40.1. The Labute approximate surface area is 150 Å². The van der Waals surface area contributed by atoms with Gasteiger partial charge in [-0.3, -0.25) is 19.3 Å². The summed E-state index contributed by atoms with van der Waals surface area (Å²) in [6.45, 7) is 2.01. The Morgan fingerprint density at radius 1 is 1.12 bits per heavy atom. The van der Waals surface area contributed by atoms with Gasteiger partial charge in [0.1, 0.15) is 0 Å².